The molecule has 140 valence electrons. The van der Waals surface area contributed by atoms with Crippen LogP contribution < -0.4 is 4.74 Å². The Hall–Kier alpha value is -3.35. The van der Waals surface area contributed by atoms with Gasteiger partial charge in [-0.1, -0.05) is 19.4 Å². The van der Waals surface area contributed by atoms with Crippen LogP contribution in [0.4, 0.5) is 0 Å². The molecule has 3 rings (SSSR count). The third-order valence-corrected chi connectivity index (χ3v) is 4.11. The summed E-state index contributed by atoms with van der Waals surface area (Å²) in [5.74, 6) is -0.232. The van der Waals surface area contributed by atoms with Crippen molar-refractivity contribution in [2.24, 2.45) is 0 Å². The molecular weight excluding hydrogens is 346 g/mol. The summed E-state index contributed by atoms with van der Waals surface area (Å²) in [6.45, 7) is 4.07. The van der Waals surface area contributed by atoms with Gasteiger partial charge in [0.05, 0.1) is 12.3 Å². The summed E-state index contributed by atoms with van der Waals surface area (Å²) in [7, 11) is 0. The van der Waals surface area contributed by atoms with Gasteiger partial charge in [-0.05, 0) is 49.1 Å². The normalized spacial score (nSPS) is 11.3. The topological polar surface area (TPSA) is 97.5 Å². The number of hydrogen-bond donors (Lipinski definition) is 2. The van der Waals surface area contributed by atoms with Crippen LogP contribution in [0.15, 0.2) is 42.7 Å². The monoisotopic (exact) mass is 367 g/mol. The van der Waals surface area contributed by atoms with Crippen molar-refractivity contribution in [2.45, 2.75) is 33.1 Å². The highest BCUT2D eigenvalue weighted by atomic mass is 16.5. The zero-order valence-electron chi connectivity index (χ0n) is 15.2. The van der Waals surface area contributed by atoms with E-state index >= 15 is 0 Å². The fourth-order valence-corrected chi connectivity index (χ4v) is 2.82. The van der Waals surface area contributed by atoms with E-state index < -0.39 is 5.97 Å². The van der Waals surface area contributed by atoms with Crippen molar-refractivity contribution in [1.82, 2.24) is 15.0 Å². The van der Waals surface area contributed by atoms with E-state index in [4.69, 9.17) is 9.84 Å². The number of aromatic hydroxyl groups is 1. The Kier molecular flexibility index (Phi) is 5.40. The summed E-state index contributed by atoms with van der Waals surface area (Å²) in [6, 6.07) is 8.65. The summed E-state index contributed by atoms with van der Waals surface area (Å²) in [4.78, 5) is 12.8. The smallest absolute Gasteiger partial charge is 0.339 e. The summed E-state index contributed by atoms with van der Waals surface area (Å²) >= 11 is 0. The first-order valence-corrected chi connectivity index (χ1v) is 8.74. The van der Waals surface area contributed by atoms with Gasteiger partial charge in [0.25, 0.3) is 0 Å². The minimum absolute atomic E-state index is 0.175. The lowest BCUT2D eigenvalue weighted by molar-refractivity contribution is -0.129. The molecule has 27 heavy (non-hydrogen) atoms. The molecule has 0 radical (unpaired) electrons. The third-order valence-electron chi connectivity index (χ3n) is 4.11. The van der Waals surface area contributed by atoms with E-state index in [9.17, 15) is 9.90 Å². The van der Waals surface area contributed by atoms with Crippen LogP contribution in [0.25, 0.3) is 16.7 Å². The van der Waals surface area contributed by atoms with Gasteiger partial charge in [-0.25, -0.2) is 4.79 Å². The van der Waals surface area contributed by atoms with Crippen LogP contribution in [-0.4, -0.2) is 31.2 Å². The minimum atomic E-state index is -0.693. The fourth-order valence-electron chi connectivity index (χ4n) is 2.82. The first kappa shape index (κ1) is 18.4. The van der Waals surface area contributed by atoms with Crippen molar-refractivity contribution in [3.8, 4) is 17.2 Å². The van der Waals surface area contributed by atoms with Gasteiger partial charge in [0.15, 0.2) is 0 Å². The second-order valence-electron chi connectivity index (χ2n) is 6.27. The summed E-state index contributed by atoms with van der Waals surface area (Å²) in [5.41, 5.74) is 3.52. The second-order valence-corrected chi connectivity index (χ2v) is 6.27. The van der Waals surface area contributed by atoms with Crippen LogP contribution in [-0.2, 0) is 11.2 Å². The lowest BCUT2D eigenvalue weighted by Crippen LogP contribution is -2.03. The third kappa shape index (κ3) is 4.08. The molecule has 1 heterocycles. The molecule has 0 atom stereocenters. The largest absolute Gasteiger partial charge is 0.515 e. The number of fused-ring (bicyclic) bond motifs is 1. The first-order valence-electron chi connectivity index (χ1n) is 8.74. The number of hydrogen-bond acceptors (Lipinski definition) is 6. The number of phenols is 1. The van der Waals surface area contributed by atoms with Crippen molar-refractivity contribution >= 4 is 17.0 Å². The van der Waals surface area contributed by atoms with Gasteiger partial charge in [-0.15, -0.1) is 15.0 Å². The van der Waals surface area contributed by atoms with E-state index in [-0.39, 0.29) is 11.5 Å². The van der Waals surface area contributed by atoms with Crippen LogP contribution >= 0.6 is 0 Å². The Morgan fingerprint density at radius 3 is 2.74 bits per heavy atom. The van der Waals surface area contributed by atoms with E-state index in [1.807, 2.05) is 19.1 Å². The molecule has 0 spiro atoms. The van der Waals surface area contributed by atoms with E-state index in [0.29, 0.717) is 23.0 Å². The van der Waals surface area contributed by atoms with Crippen LogP contribution in [0.2, 0.25) is 0 Å². The van der Waals surface area contributed by atoms with Gasteiger partial charge in [-0.3, -0.25) is 0 Å². The van der Waals surface area contributed by atoms with Gasteiger partial charge in [0, 0.05) is 6.07 Å². The molecule has 0 aliphatic carbocycles. The molecule has 2 N–H and O–H groups in total. The molecule has 3 aromatic rings. The lowest BCUT2D eigenvalue weighted by Gasteiger charge is -2.10. The average molecular weight is 367 g/mol. The molecule has 2 aromatic carbocycles. The van der Waals surface area contributed by atoms with E-state index in [2.05, 4.69) is 17.1 Å². The van der Waals surface area contributed by atoms with E-state index in [1.165, 1.54) is 4.80 Å². The number of phenolic OH excluding ortho intramolecular Hbond substituents is 1. The number of unbranched alkanes of at least 4 members (excludes halogenated alkanes) is 1. The Bertz CT molecular complexity index is 1010. The number of nitrogens with zero attached hydrogens (tertiary/aromatic N) is 3. The van der Waals surface area contributed by atoms with Crippen molar-refractivity contribution in [2.75, 3.05) is 0 Å². The SMILES string of the molecule is CCCCc1cc(C)cc(-n2nc3ccc(OC(=O)/C=C/O)cc3n2)c1O. The van der Waals surface area contributed by atoms with Gasteiger partial charge in [-0.2, -0.15) is 0 Å². The minimum Gasteiger partial charge on any atom is -0.515 e. The zero-order chi connectivity index (χ0) is 19.4. The molecule has 0 saturated heterocycles. The van der Waals surface area contributed by atoms with Crippen LogP contribution in [0.5, 0.6) is 11.5 Å². The predicted molar refractivity (Wildman–Crippen MR) is 101 cm³/mol. The van der Waals surface area contributed by atoms with Crippen LogP contribution in [0.3, 0.4) is 0 Å². The number of aryl methyl sites for hydroxylation is 2. The Morgan fingerprint density at radius 1 is 1.22 bits per heavy atom. The van der Waals surface area contributed by atoms with Gasteiger partial charge < -0.3 is 14.9 Å². The number of rotatable bonds is 6. The number of esters is 1. The molecule has 0 saturated carbocycles. The molecule has 0 unspecified atom stereocenters. The highest BCUT2D eigenvalue weighted by Crippen LogP contribution is 2.29. The maximum absolute atomic E-state index is 11.4. The Morgan fingerprint density at radius 2 is 2.00 bits per heavy atom. The lowest BCUT2D eigenvalue weighted by atomic mass is 10.0. The van der Waals surface area contributed by atoms with Crippen LogP contribution in [0.1, 0.15) is 30.9 Å². The number of carbonyl (C=O) groups excluding carboxylic acids is 1. The second kappa shape index (κ2) is 7.90. The highest BCUT2D eigenvalue weighted by molar-refractivity contribution is 5.85. The molecule has 0 amide bonds. The van der Waals surface area contributed by atoms with E-state index in [0.717, 1.165) is 36.5 Å². The molecule has 1 aromatic heterocycles. The maximum Gasteiger partial charge on any atom is 0.339 e. The average Bonchev–Trinajstić information content (AvgIpc) is 3.05. The molecular formula is C20H21N3O4. The molecule has 0 fully saturated rings. The molecule has 0 aliphatic heterocycles. The number of aromatic nitrogens is 3. The van der Waals surface area contributed by atoms with Crippen molar-refractivity contribution in [3.05, 3.63) is 53.8 Å². The Balaban J connectivity index is 1.98. The molecule has 7 nitrogen and oxygen atoms in total. The molecule has 7 heteroatoms. The number of aliphatic hydroxyl groups excluding tert-OH is 1. The first-order chi connectivity index (χ1) is 13.0. The number of aliphatic hydroxyl groups is 1. The molecule has 0 aliphatic rings. The van der Waals surface area contributed by atoms with Crippen molar-refractivity contribution in [3.63, 3.8) is 0 Å². The zero-order valence-corrected chi connectivity index (χ0v) is 15.2. The summed E-state index contributed by atoms with van der Waals surface area (Å²) in [5, 5.41) is 28.1. The summed E-state index contributed by atoms with van der Waals surface area (Å²) < 4.78 is 5.07. The van der Waals surface area contributed by atoms with Gasteiger partial charge in [0.1, 0.15) is 28.2 Å². The standard InChI is InChI=1S/C20H21N3O4/c1-3-4-5-14-10-13(2)11-18(20(14)26)23-21-16-7-6-15(12-17(16)22-23)27-19(25)8-9-24/h6-12,24,26H,3-5H2,1-2H3/b9-8+. The van der Waals surface area contributed by atoms with Gasteiger partial charge >= 0.3 is 5.97 Å². The quantitative estimate of drug-likeness (QED) is 0.298. The number of benzene rings is 2. The van der Waals surface area contributed by atoms with Crippen LogP contribution in [0, 0.1) is 6.92 Å². The van der Waals surface area contributed by atoms with Crippen molar-refractivity contribution < 1.29 is 19.7 Å². The number of carbonyl (C=O) groups is 1. The number of ether oxygens (including phenoxy) is 1. The van der Waals surface area contributed by atoms with Gasteiger partial charge in [0.2, 0.25) is 0 Å². The van der Waals surface area contributed by atoms with Crippen molar-refractivity contribution in [1.29, 1.82) is 0 Å². The Labute approximate surface area is 156 Å². The predicted octanol–water partition coefficient (Wildman–Crippen LogP) is 3.75. The van der Waals surface area contributed by atoms with E-state index in [1.54, 1.807) is 18.2 Å². The summed E-state index contributed by atoms with van der Waals surface area (Å²) in [6.07, 6.45) is 4.34. The maximum atomic E-state index is 11.4. The fraction of sp³-hybridized carbons (Fsp3) is 0.250. The highest BCUT2D eigenvalue weighted by Gasteiger charge is 2.14. The molecule has 0 bridgehead atoms.